The van der Waals surface area contributed by atoms with Crippen molar-refractivity contribution in [3.8, 4) is 10.8 Å². The number of carbonyl (C=O) groups is 1. The predicted octanol–water partition coefficient (Wildman–Crippen LogP) is 5.22. The van der Waals surface area contributed by atoms with E-state index in [0.29, 0.717) is 10.9 Å². The molecule has 118 valence electrons. The molecule has 0 saturated heterocycles. The molecular weight excluding hydrogens is 427 g/mol. The van der Waals surface area contributed by atoms with Crippen molar-refractivity contribution in [2.75, 3.05) is 0 Å². The number of thiophene rings is 1. The summed E-state index contributed by atoms with van der Waals surface area (Å²) in [6.45, 7) is -0.142. The number of nitrogens with zero attached hydrogens (tertiary/aromatic N) is 2. The number of carbonyl (C=O) groups excluding carboxylic acids is 1. The molecule has 0 radical (unpaired) electrons. The maximum Gasteiger partial charge on any atom is 0.340 e. The first-order chi connectivity index (χ1) is 11.0. The maximum atomic E-state index is 12.0. The molecule has 0 spiro atoms. The number of aromatic nitrogens is 2. The molecule has 0 atom stereocenters. The smallest absolute Gasteiger partial charge is 0.340 e. The van der Waals surface area contributed by atoms with Crippen LogP contribution in [0.1, 0.15) is 16.2 Å². The van der Waals surface area contributed by atoms with Crippen molar-refractivity contribution in [3.63, 3.8) is 0 Å². The Hall–Kier alpha value is -1.41. The molecule has 0 aliphatic carbocycles. The van der Waals surface area contributed by atoms with Crippen molar-refractivity contribution in [1.82, 2.24) is 10.2 Å². The molecule has 23 heavy (non-hydrogen) atoms. The van der Waals surface area contributed by atoms with E-state index in [-0.39, 0.29) is 23.1 Å². The summed E-state index contributed by atoms with van der Waals surface area (Å²) < 4.78 is 11.5. The second-order valence-electron chi connectivity index (χ2n) is 4.31. The molecule has 0 saturated carbocycles. The van der Waals surface area contributed by atoms with E-state index in [9.17, 15) is 4.79 Å². The van der Waals surface area contributed by atoms with E-state index in [1.807, 2.05) is 12.1 Å². The highest BCUT2D eigenvalue weighted by Crippen LogP contribution is 2.30. The fraction of sp³-hybridized carbons (Fsp3) is 0.0714. The lowest BCUT2D eigenvalue weighted by Gasteiger charge is -2.04. The molecule has 0 aliphatic rings. The van der Waals surface area contributed by atoms with Gasteiger partial charge >= 0.3 is 5.97 Å². The van der Waals surface area contributed by atoms with Crippen LogP contribution in [-0.4, -0.2) is 16.2 Å². The summed E-state index contributed by atoms with van der Waals surface area (Å²) in [4.78, 5) is 12.8. The predicted molar refractivity (Wildman–Crippen MR) is 90.9 cm³/mol. The molecule has 0 amide bonds. The summed E-state index contributed by atoms with van der Waals surface area (Å²) >= 11 is 16.6. The summed E-state index contributed by atoms with van der Waals surface area (Å²) in [5, 5.41) is 8.42. The molecule has 0 bridgehead atoms. The van der Waals surface area contributed by atoms with Gasteiger partial charge in [0.2, 0.25) is 0 Å². The lowest BCUT2D eigenvalue weighted by molar-refractivity contribution is 0.0439. The van der Waals surface area contributed by atoms with Crippen LogP contribution in [0.3, 0.4) is 0 Å². The quantitative estimate of drug-likeness (QED) is 0.527. The number of benzene rings is 1. The van der Waals surface area contributed by atoms with Crippen molar-refractivity contribution < 1.29 is 13.9 Å². The van der Waals surface area contributed by atoms with Crippen LogP contribution in [0, 0.1) is 0 Å². The third-order valence-electron chi connectivity index (χ3n) is 2.73. The highest BCUT2D eigenvalue weighted by atomic mass is 79.9. The van der Waals surface area contributed by atoms with Gasteiger partial charge in [-0.15, -0.1) is 21.5 Å². The molecule has 9 heteroatoms. The average Bonchev–Trinajstić information content (AvgIpc) is 3.13. The van der Waals surface area contributed by atoms with Gasteiger partial charge in [-0.25, -0.2) is 4.79 Å². The first kappa shape index (κ1) is 16.4. The van der Waals surface area contributed by atoms with Gasteiger partial charge in [0.15, 0.2) is 6.61 Å². The molecule has 0 fully saturated rings. The van der Waals surface area contributed by atoms with Gasteiger partial charge in [0, 0.05) is 5.02 Å². The Morgan fingerprint density at radius 3 is 2.78 bits per heavy atom. The minimum atomic E-state index is -0.592. The fourth-order valence-electron chi connectivity index (χ4n) is 1.70. The van der Waals surface area contributed by atoms with Crippen LogP contribution in [0.5, 0.6) is 0 Å². The van der Waals surface area contributed by atoms with Gasteiger partial charge in [-0.1, -0.05) is 23.2 Å². The highest BCUT2D eigenvalue weighted by molar-refractivity contribution is 9.11. The van der Waals surface area contributed by atoms with Gasteiger partial charge < -0.3 is 9.15 Å². The van der Waals surface area contributed by atoms with Crippen molar-refractivity contribution in [3.05, 3.63) is 55.6 Å². The number of hydrogen-bond acceptors (Lipinski definition) is 6. The summed E-state index contributed by atoms with van der Waals surface area (Å²) in [5.74, 6) is -0.0236. The Kier molecular flexibility index (Phi) is 5.01. The van der Waals surface area contributed by atoms with Crippen LogP contribution in [0.25, 0.3) is 10.8 Å². The minimum Gasteiger partial charge on any atom is -0.452 e. The van der Waals surface area contributed by atoms with Crippen LogP contribution in [0.15, 0.2) is 38.5 Å². The van der Waals surface area contributed by atoms with E-state index < -0.39 is 5.97 Å². The van der Waals surface area contributed by atoms with Crippen molar-refractivity contribution >= 4 is 56.4 Å². The summed E-state index contributed by atoms with van der Waals surface area (Å²) in [6.07, 6.45) is 0. The van der Waals surface area contributed by atoms with Gasteiger partial charge in [0.1, 0.15) is 0 Å². The maximum absolute atomic E-state index is 12.0. The number of halogens is 3. The monoisotopic (exact) mass is 432 g/mol. The zero-order valence-corrected chi connectivity index (χ0v) is 15.2. The highest BCUT2D eigenvalue weighted by Gasteiger charge is 2.15. The SMILES string of the molecule is O=C(OCc1nnc(-c2ccc(Br)s2)o1)c1ccc(Cl)cc1Cl. The molecule has 2 aromatic heterocycles. The van der Waals surface area contributed by atoms with Crippen LogP contribution in [-0.2, 0) is 11.3 Å². The zero-order chi connectivity index (χ0) is 16.4. The topological polar surface area (TPSA) is 65.2 Å². The Balaban J connectivity index is 1.66. The summed E-state index contributed by atoms with van der Waals surface area (Å²) in [6, 6.07) is 8.26. The molecule has 0 unspecified atom stereocenters. The Bertz CT molecular complexity index is 865. The lowest BCUT2D eigenvalue weighted by Crippen LogP contribution is -2.06. The van der Waals surface area contributed by atoms with E-state index in [0.717, 1.165) is 8.66 Å². The van der Waals surface area contributed by atoms with E-state index in [2.05, 4.69) is 26.1 Å². The Morgan fingerprint density at radius 2 is 2.09 bits per heavy atom. The van der Waals surface area contributed by atoms with E-state index in [1.54, 1.807) is 6.07 Å². The van der Waals surface area contributed by atoms with Gasteiger partial charge in [0.25, 0.3) is 11.8 Å². The van der Waals surface area contributed by atoms with Gasteiger partial charge in [-0.3, -0.25) is 0 Å². The van der Waals surface area contributed by atoms with E-state index in [4.69, 9.17) is 32.4 Å². The normalized spacial score (nSPS) is 10.7. The molecule has 0 N–H and O–H groups in total. The molecule has 2 heterocycles. The fourth-order valence-corrected chi connectivity index (χ4v) is 3.49. The first-order valence-electron chi connectivity index (χ1n) is 6.23. The van der Waals surface area contributed by atoms with Crippen molar-refractivity contribution in [2.45, 2.75) is 6.61 Å². The Morgan fingerprint density at radius 1 is 1.26 bits per heavy atom. The molecule has 3 rings (SSSR count). The van der Waals surface area contributed by atoms with Crippen molar-refractivity contribution in [1.29, 1.82) is 0 Å². The Labute approximate surface area is 153 Å². The zero-order valence-electron chi connectivity index (χ0n) is 11.3. The standard InChI is InChI=1S/C14H7BrCl2N2O3S/c15-11-4-3-10(23-11)13-19-18-12(22-13)6-21-14(20)8-2-1-7(16)5-9(8)17/h1-5H,6H2. The third kappa shape index (κ3) is 3.92. The van der Waals surface area contributed by atoms with Gasteiger partial charge in [0.05, 0.1) is 19.2 Å². The first-order valence-corrected chi connectivity index (χ1v) is 8.60. The molecular formula is C14H7BrCl2N2O3S. The van der Waals surface area contributed by atoms with E-state index >= 15 is 0 Å². The second-order valence-corrected chi connectivity index (χ2v) is 7.61. The largest absolute Gasteiger partial charge is 0.452 e. The molecule has 0 aliphatic heterocycles. The number of rotatable bonds is 4. The van der Waals surface area contributed by atoms with Crippen LogP contribution >= 0.6 is 50.5 Å². The second kappa shape index (κ2) is 7.00. The van der Waals surface area contributed by atoms with Gasteiger partial charge in [-0.2, -0.15) is 0 Å². The minimum absolute atomic E-state index is 0.142. The number of esters is 1. The third-order valence-corrected chi connectivity index (χ3v) is 4.89. The van der Waals surface area contributed by atoms with Crippen molar-refractivity contribution in [2.24, 2.45) is 0 Å². The lowest BCUT2D eigenvalue weighted by atomic mass is 10.2. The van der Waals surface area contributed by atoms with Crippen LogP contribution in [0.2, 0.25) is 10.0 Å². The molecule has 3 aromatic rings. The molecule has 1 aromatic carbocycles. The number of ether oxygens (including phenoxy) is 1. The average molecular weight is 434 g/mol. The summed E-state index contributed by atoms with van der Waals surface area (Å²) in [7, 11) is 0. The van der Waals surface area contributed by atoms with E-state index in [1.165, 1.54) is 23.5 Å². The van der Waals surface area contributed by atoms with Crippen LogP contribution in [0.4, 0.5) is 0 Å². The number of hydrogen-bond donors (Lipinski definition) is 0. The summed E-state index contributed by atoms with van der Waals surface area (Å²) in [5.41, 5.74) is 0.220. The van der Waals surface area contributed by atoms with Crippen LogP contribution < -0.4 is 0 Å². The van der Waals surface area contributed by atoms with Gasteiger partial charge in [-0.05, 0) is 46.3 Å². The molecule has 5 nitrogen and oxygen atoms in total.